The SMILES string of the molecule is O=S1(=O)NCc2c(F)cccc21. The molecule has 0 radical (unpaired) electrons. The van der Waals surface area contributed by atoms with Crippen molar-refractivity contribution < 1.29 is 12.8 Å². The van der Waals surface area contributed by atoms with Crippen molar-refractivity contribution in [3.63, 3.8) is 0 Å². The predicted molar refractivity (Wildman–Crippen MR) is 40.4 cm³/mol. The second-order valence-electron chi connectivity index (χ2n) is 2.54. The van der Waals surface area contributed by atoms with Gasteiger partial charge in [0.1, 0.15) is 5.82 Å². The highest BCUT2D eigenvalue weighted by molar-refractivity contribution is 7.89. The van der Waals surface area contributed by atoms with Gasteiger partial charge in [0.15, 0.2) is 0 Å². The molecule has 2 rings (SSSR count). The number of rotatable bonds is 0. The van der Waals surface area contributed by atoms with Gasteiger partial charge in [-0.25, -0.2) is 17.5 Å². The zero-order valence-corrected chi connectivity index (χ0v) is 6.86. The standard InChI is InChI=1S/C7H6FNO2S/c8-6-2-1-3-7-5(6)4-9-12(7,10)11/h1-3,9H,4H2. The Morgan fingerprint density at radius 1 is 1.42 bits per heavy atom. The third kappa shape index (κ3) is 0.937. The minimum atomic E-state index is -3.42. The topological polar surface area (TPSA) is 46.2 Å². The van der Waals surface area contributed by atoms with Crippen LogP contribution in [-0.4, -0.2) is 8.42 Å². The molecule has 0 amide bonds. The Labute approximate surface area is 69.3 Å². The van der Waals surface area contributed by atoms with E-state index in [2.05, 4.69) is 4.72 Å². The number of hydrogen-bond donors (Lipinski definition) is 1. The molecular formula is C7H6FNO2S. The molecule has 0 unspecified atom stereocenters. The van der Waals surface area contributed by atoms with E-state index in [0.29, 0.717) is 0 Å². The van der Waals surface area contributed by atoms with E-state index in [9.17, 15) is 12.8 Å². The number of nitrogens with one attached hydrogen (secondary N) is 1. The summed E-state index contributed by atoms with van der Waals surface area (Å²) in [5.74, 6) is -0.471. The van der Waals surface area contributed by atoms with Gasteiger partial charge >= 0.3 is 0 Å². The van der Waals surface area contributed by atoms with Crippen LogP contribution in [0.3, 0.4) is 0 Å². The Bertz CT molecular complexity index is 427. The molecule has 0 bridgehead atoms. The van der Waals surface area contributed by atoms with Crippen LogP contribution in [0.25, 0.3) is 0 Å². The van der Waals surface area contributed by atoms with Crippen molar-refractivity contribution in [3.8, 4) is 0 Å². The fourth-order valence-corrected chi connectivity index (χ4v) is 2.45. The first-order chi connectivity index (χ1) is 5.61. The van der Waals surface area contributed by atoms with Crippen LogP contribution in [0.2, 0.25) is 0 Å². The van der Waals surface area contributed by atoms with Crippen LogP contribution in [0.4, 0.5) is 4.39 Å². The zero-order valence-electron chi connectivity index (χ0n) is 6.04. The molecule has 0 saturated heterocycles. The minimum Gasteiger partial charge on any atom is -0.207 e. The lowest BCUT2D eigenvalue weighted by Crippen LogP contribution is -2.13. The van der Waals surface area contributed by atoms with Gasteiger partial charge in [-0.3, -0.25) is 0 Å². The highest BCUT2D eigenvalue weighted by atomic mass is 32.2. The molecule has 0 spiro atoms. The molecule has 5 heteroatoms. The quantitative estimate of drug-likeness (QED) is 0.647. The van der Waals surface area contributed by atoms with E-state index < -0.39 is 15.8 Å². The number of sulfonamides is 1. The number of hydrogen-bond acceptors (Lipinski definition) is 2. The van der Waals surface area contributed by atoms with Gasteiger partial charge in [0.2, 0.25) is 10.0 Å². The van der Waals surface area contributed by atoms with Crippen LogP contribution in [0.15, 0.2) is 23.1 Å². The van der Waals surface area contributed by atoms with Gasteiger partial charge < -0.3 is 0 Å². The van der Waals surface area contributed by atoms with Gasteiger partial charge in [-0.1, -0.05) is 6.07 Å². The van der Waals surface area contributed by atoms with Crippen molar-refractivity contribution in [2.24, 2.45) is 0 Å². The predicted octanol–water partition coefficient (Wildman–Crippen LogP) is 0.618. The van der Waals surface area contributed by atoms with E-state index in [4.69, 9.17) is 0 Å². The Morgan fingerprint density at radius 2 is 2.17 bits per heavy atom. The van der Waals surface area contributed by atoms with Crippen LogP contribution >= 0.6 is 0 Å². The average molecular weight is 187 g/mol. The van der Waals surface area contributed by atoms with Gasteiger partial charge in [0.25, 0.3) is 0 Å². The maximum absolute atomic E-state index is 12.9. The van der Waals surface area contributed by atoms with Crippen molar-refractivity contribution in [1.82, 2.24) is 4.72 Å². The first-order valence-corrected chi connectivity index (χ1v) is 4.86. The third-order valence-corrected chi connectivity index (χ3v) is 3.29. The molecular weight excluding hydrogens is 181 g/mol. The summed E-state index contributed by atoms with van der Waals surface area (Å²) in [6, 6.07) is 4.04. The number of fused-ring (bicyclic) bond motifs is 1. The number of halogens is 1. The summed E-state index contributed by atoms with van der Waals surface area (Å²) in [6.45, 7) is 0.0599. The summed E-state index contributed by atoms with van der Waals surface area (Å²) in [5.41, 5.74) is 0.234. The average Bonchev–Trinajstić information content (AvgIpc) is 2.30. The molecule has 0 aliphatic carbocycles. The van der Waals surface area contributed by atoms with Crippen molar-refractivity contribution in [1.29, 1.82) is 0 Å². The maximum atomic E-state index is 12.9. The summed E-state index contributed by atoms with van der Waals surface area (Å²) >= 11 is 0. The van der Waals surface area contributed by atoms with E-state index in [1.165, 1.54) is 18.2 Å². The van der Waals surface area contributed by atoms with Crippen LogP contribution in [0.5, 0.6) is 0 Å². The fraction of sp³-hybridized carbons (Fsp3) is 0.143. The van der Waals surface area contributed by atoms with E-state index in [1.54, 1.807) is 0 Å². The van der Waals surface area contributed by atoms with Crippen LogP contribution in [-0.2, 0) is 16.6 Å². The summed E-state index contributed by atoms with van der Waals surface area (Å²) in [6.07, 6.45) is 0. The van der Waals surface area contributed by atoms with Crippen molar-refractivity contribution in [3.05, 3.63) is 29.6 Å². The molecule has 1 heterocycles. The molecule has 3 nitrogen and oxygen atoms in total. The smallest absolute Gasteiger partial charge is 0.207 e. The van der Waals surface area contributed by atoms with Gasteiger partial charge in [0, 0.05) is 12.1 Å². The summed E-state index contributed by atoms with van der Waals surface area (Å²) in [7, 11) is -3.42. The van der Waals surface area contributed by atoms with Crippen LogP contribution < -0.4 is 4.72 Å². The molecule has 12 heavy (non-hydrogen) atoms. The Morgan fingerprint density at radius 3 is 2.83 bits per heavy atom. The highest BCUT2D eigenvalue weighted by Crippen LogP contribution is 2.23. The third-order valence-electron chi connectivity index (χ3n) is 1.80. The second-order valence-corrected chi connectivity index (χ2v) is 4.28. The fourth-order valence-electron chi connectivity index (χ4n) is 1.21. The first-order valence-electron chi connectivity index (χ1n) is 3.38. The largest absolute Gasteiger partial charge is 0.241 e. The van der Waals surface area contributed by atoms with E-state index >= 15 is 0 Å². The summed E-state index contributed by atoms with van der Waals surface area (Å²) in [4.78, 5) is 0.0579. The summed E-state index contributed by atoms with van der Waals surface area (Å²) < 4.78 is 37.4. The molecule has 64 valence electrons. The van der Waals surface area contributed by atoms with E-state index in [-0.39, 0.29) is 17.0 Å². The zero-order chi connectivity index (χ0) is 8.77. The first kappa shape index (κ1) is 7.70. The Balaban J connectivity index is 2.78. The summed E-state index contributed by atoms with van der Waals surface area (Å²) in [5, 5.41) is 0. The molecule has 0 fully saturated rings. The van der Waals surface area contributed by atoms with Crippen LogP contribution in [0, 0.1) is 5.82 Å². The van der Waals surface area contributed by atoms with Crippen LogP contribution in [0.1, 0.15) is 5.56 Å². The van der Waals surface area contributed by atoms with Gasteiger partial charge in [-0.2, -0.15) is 0 Å². The lowest BCUT2D eigenvalue weighted by atomic mass is 10.2. The molecule has 0 atom stereocenters. The van der Waals surface area contributed by atoms with Crippen molar-refractivity contribution in [2.75, 3.05) is 0 Å². The molecule has 1 aliphatic rings. The van der Waals surface area contributed by atoms with E-state index in [0.717, 1.165) is 0 Å². The Kier molecular flexibility index (Phi) is 1.46. The highest BCUT2D eigenvalue weighted by Gasteiger charge is 2.27. The molecule has 0 aromatic heterocycles. The van der Waals surface area contributed by atoms with Crippen molar-refractivity contribution in [2.45, 2.75) is 11.4 Å². The van der Waals surface area contributed by atoms with Crippen molar-refractivity contribution >= 4 is 10.0 Å². The second kappa shape index (κ2) is 2.27. The lowest BCUT2D eigenvalue weighted by Gasteiger charge is -1.95. The normalized spacial score (nSPS) is 19.1. The van der Waals surface area contributed by atoms with E-state index in [1.807, 2.05) is 0 Å². The van der Waals surface area contributed by atoms with Gasteiger partial charge in [-0.15, -0.1) is 0 Å². The molecule has 1 aromatic carbocycles. The Hall–Kier alpha value is -0.940. The molecule has 0 saturated carbocycles. The molecule has 1 N–H and O–H groups in total. The number of benzene rings is 1. The minimum absolute atomic E-state index is 0.0579. The molecule has 1 aliphatic heterocycles. The maximum Gasteiger partial charge on any atom is 0.241 e. The lowest BCUT2D eigenvalue weighted by molar-refractivity contribution is 0.589. The van der Waals surface area contributed by atoms with Gasteiger partial charge in [-0.05, 0) is 12.1 Å². The molecule has 1 aromatic rings. The monoisotopic (exact) mass is 187 g/mol. The van der Waals surface area contributed by atoms with Gasteiger partial charge in [0.05, 0.1) is 4.90 Å².